The number of fused-ring (bicyclic) bond motifs is 2. The Bertz CT molecular complexity index is 336. The van der Waals surface area contributed by atoms with Gasteiger partial charge in [0.25, 0.3) is 0 Å². The van der Waals surface area contributed by atoms with E-state index in [2.05, 4.69) is 12.2 Å². The molecular weight excluding hydrogens is 198 g/mol. The fourth-order valence-electron chi connectivity index (χ4n) is 2.92. The molecule has 0 aromatic carbocycles. The highest BCUT2D eigenvalue weighted by atomic mass is 35.5. The van der Waals surface area contributed by atoms with Crippen LogP contribution in [0.2, 0.25) is 0 Å². The summed E-state index contributed by atoms with van der Waals surface area (Å²) >= 11 is 6.25. The molecular formula is C11H16ClNO. The summed E-state index contributed by atoms with van der Waals surface area (Å²) in [5.41, 5.74) is 0.492. The molecule has 2 bridgehead atoms. The summed E-state index contributed by atoms with van der Waals surface area (Å²) in [5, 5.41) is 4.07. The summed E-state index contributed by atoms with van der Waals surface area (Å²) in [6, 6.07) is 0. The molecule has 1 fully saturated rings. The number of ketones is 1. The molecule has 78 valence electrons. The third-order valence-electron chi connectivity index (χ3n) is 3.56. The van der Waals surface area contributed by atoms with Gasteiger partial charge in [-0.2, -0.15) is 0 Å². The average molecular weight is 214 g/mol. The van der Waals surface area contributed by atoms with Crippen molar-refractivity contribution in [2.75, 3.05) is 13.1 Å². The number of nitrogens with one attached hydrogen (secondary N) is 1. The molecule has 1 N–H and O–H groups in total. The second-order valence-electron chi connectivity index (χ2n) is 5.17. The molecule has 2 aliphatic rings. The monoisotopic (exact) mass is 213 g/mol. The predicted octanol–water partition coefficient (Wildman–Crippen LogP) is 2.09. The van der Waals surface area contributed by atoms with Crippen LogP contribution in [-0.2, 0) is 4.79 Å². The lowest BCUT2D eigenvalue weighted by Gasteiger charge is -2.48. The Morgan fingerprint density at radius 2 is 1.86 bits per heavy atom. The molecule has 1 aliphatic carbocycles. The highest BCUT2D eigenvalue weighted by Gasteiger charge is 2.50. The van der Waals surface area contributed by atoms with Gasteiger partial charge in [0.2, 0.25) is 0 Å². The molecule has 14 heavy (non-hydrogen) atoms. The van der Waals surface area contributed by atoms with Crippen molar-refractivity contribution in [3.8, 4) is 0 Å². The molecule has 2 nitrogen and oxygen atoms in total. The van der Waals surface area contributed by atoms with Gasteiger partial charge in [0.05, 0.1) is 0 Å². The van der Waals surface area contributed by atoms with Crippen LogP contribution in [0.3, 0.4) is 0 Å². The molecule has 1 heterocycles. The molecule has 2 atom stereocenters. The molecule has 1 saturated heterocycles. The Balaban J connectivity index is 2.55. The molecule has 0 spiro atoms. The molecule has 0 aromatic rings. The predicted molar refractivity (Wildman–Crippen MR) is 57.3 cm³/mol. The van der Waals surface area contributed by atoms with Gasteiger partial charge < -0.3 is 5.32 Å². The van der Waals surface area contributed by atoms with Crippen molar-refractivity contribution in [1.29, 1.82) is 0 Å². The van der Waals surface area contributed by atoms with Crippen molar-refractivity contribution in [1.82, 2.24) is 5.32 Å². The maximum atomic E-state index is 12.0. The van der Waals surface area contributed by atoms with Gasteiger partial charge in [0.15, 0.2) is 5.78 Å². The first-order valence-electron chi connectivity index (χ1n) is 5.01. The smallest absolute Gasteiger partial charge is 0.166 e. The second kappa shape index (κ2) is 2.83. The number of hydrogen-bond acceptors (Lipinski definition) is 2. The Kier molecular flexibility index (Phi) is 2.06. The van der Waals surface area contributed by atoms with E-state index < -0.39 is 0 Å². The third kappa shape index (κ3) is 1.17. The van der Waals surface area contributed by atoms with E-state index >= 15 is 0 Å². The first-order chi connectivity index (χ1) is 6.39. The number of carbonyl (C=O) groups excluding carboxylic acids is 1. The number of allylic oxidation sites excluding steroid dienone is 1. The second-order valence-corrected chi connectivity index (χ2v) is 5.55. The molecule has 0 radical (unpaired) electrons. The minimum absolute atomic E-state index is 0.0352. The fraction of sp³-hybridized carbons (Fsp3) is 0.727. The lowest BCUT2D eigenvalue weighted by atomic mass is 9.62. The van der Waals surface area contributed by atoms with E-state index in [0.717, 1.165) is 30.1 Å². The van der Waals surface area contributed by atoms with Gasteiger partial charge in [-0.25, -0.2) is 0 Å². The van der Waals surface area contributed by atoms with Crippen LogP contribution in [0, 0.1) is 10.8 Å². The lowest BCUT2D eigenvalue weighted by molar-refractivity contribution is -0.127. The Morgan fingerprint density at radius 3 is 2.50 bits per heavy atom. The summed E-state index contributed by atoms with van der Waals surface area (Å²) < 4.78 is 0. The van der Waals surface area contributed by atoms with Gasteiger partial charge in [-0.3, -0.25) is 4.79 Å². The molecule has 0 saturated carbocycles. The minimum atomic E-state index is -0.241. The summed E-state index contributed by atoms with van der Waals surface area (Å²) in [6.45, 7) is 7.68. The maximum absolute atomic E-state index is 12.0. The largest absolute Gasteiger partial charge is 0.315 e. The number of Topliss-reactive ketones (excluding diaryl/α,β-unsaturated/α-hetero) is 1. The van der Waals surface area contributed by atoms with Crippen molar-refractivity contribution in [3.05, 3.63) is 10.6 Å². The number of piperidine rings is 1. The maximum Gasteiger partial charge on any atom is 0.166 e. The van der Waals surface area contributed by atoms with Crippen molar-refractivity contribution >= 4 is 17.4 Å². The van der Waals surface area contributed by atoms with Gasteiger partial charge in [-0.15, -0.1) is 0 Å². The first-order valence-corrected chi connectivity index (χ1v) is 5.39. The number of hydrogen-bond donors (Lipinski definition) is 1. The molecule has 0 amide bonds. The molecule has 2 rings (SSSR count). The zero-order valence-corrected chi connectivity index (χ0v) is 9.66. The highest BCUT2D eigenvalue weighted by molar-refractivity contribution is 6.33. The number of halogens is 1. The number of rotatable bonds is 0. The van der Waals surface area contributed by atoms with Gasteiger partial charge in [-0.05, 0) is 13.3 Å². The Morgan fingerprint density at radius 1 is 1.29 bits per heavy atom. The SMILES string of the molecule is CC1=C(Cl)[C@]2(C)CNC[C@@](C)(C2)C1=O. The van der Waals surface area contributed by atoms with Crippen LogP contribution >= 0.6 is 11.6 Å². The number of carbonyl (C=O) groups is 1. The van der Waals surface area contributed by atoms with E-state index in [1.54, 1.807) is 0 Å². The minimum Gasteiger partial charge on any atom is -0.315 e. The van der Waals surface area contributed by atoms with Crippen LogP contribution in [0.5, 0.6) is 0 Å². The van der Waals surface area contributed by atoms with E-state index in [4.69, 9.17) is 11.6 Å². The summed E-state index contributed by atoms with van der Waals surface area (Å²) in [6.07, 6.45) is 0.877. The highest BCUT2D eigenvalue weighted by Crippen LogP contribution is 2.50. The van der Waals surface area contributed by atoms with Crippen LogP contribution < -0.4 is 5.32 Å². The van der Waals surface area contributed by atoms with Crippen molar-refractivity contribution in [3.63, 3.8) is 0 Å². The summed E-state index contributed by atoms with van der Waals surface area (Å²) in [4.78, 5) is 12.0. The standard InChI is InChI=1S/C11H16ClNO/c1-7-8(12)10(2)4-11(3,9(7)14)6-13-5-10/h13H,4-6H2,1-3H3/t10-,11+/m0/s1. The van der Waals surface area contributed by atoms with Crippen LogP contribution in [0.4, 0.5) is 0 Å². The topological polar surface area (TPSA) is 29.1 Å². The van der Waals surface area contributed by atoms with Crippen LogP contribution in [0.15, 0.2) is 10.6 Å². The molecule has 0 unspecified atom stereocenters. The van der Waals surface area contributed by atoms with Gasteiger partial charge in [0, 0.05) is 34.5 Å². The average Bonchev–Trinajstić information content (AvgIpc) is 2.12. The Labute approximate surface area is 89.7 Å². The quantitative estimate of drug-likeness (QED) is 0.668. The summed E-state index contributed by atoms with van der Waals surface area (Å²) in [5.74, 6) is 0.215. The summed E-state index contributed by atoms with van der Waals surface area (Å²) in [7, 11) is 0. The van der Waals surface area contributed by atoms with Gasteiger partial charge in [-0.1, -0.05) is 25.4 Å². The van der Waals surface area contributed by atoms with Crippen LogP contribution in [0.1, 0.15) is 27.2 Å². The first kappa shape index (κ1) is 10.2. The zero-order chi connectivity index (χ0) is 10.6. The van der Waals surface area contributed by atoms with Crippen molar-refractivity contribution in [2.45, 2.75) is 27.2 Å². The van der Waals surface area contributed by atoms with Crippen LogP contribution in [-0.4, -0.2) is 18.9 Å². The normalized spacial score (nSPS) is 43.0. The third-order valence-corrected chi connectivity index (χ3v) is 4.30. The molecule has 3 heteroatoms. The lowest BCUT2D eigenvalue weighted by Crippen LogP contribution is -2.55. The zero-order valence-electron chi connectivity index (χ0n) is 8.91. The van der Waals surface area contributed by atoms with Gasteiger partial charge in [0.1, 0.15) is 0 Å². The van der Waals surface area contributed by atoms with E-state index in [9.17, 15) is 4.79 Å². The molecule has 0 aromatic heterocycles. The van der Waals surface area contributed by atoms with Gasteiger partial charge >= 0.3 is 0 Å². The van der Waals surface area contributed by atoms with E-state index in [1.165, 1.54) is 0 Å². The Hall–Kier alpha value is -0.340. The van der Waals surface area contributed by atoms with Crippen molar-refractivity contribution < 1.29 is 4.79 Å². The van der Waals surface area contributed by atoms with Crippen LogP contribution in [0.25, 0.3) is 0 Å². The fourth-order valence-corrected chi connectivity index (χ4v) is 3.14. The van der Waals surface area contributed by atoms with E-state index in [-0.39, 0.29) is 16.6 Å². The van der Waals surface area contributed by atoms with E-state index in [0.29, 0.717) is 0 Å². The molecule has 1 aliphatic heterocycles. The van der Waals surface area contributed by atoms with E-state index in [1.807, 2.05) is 13.8 Å². The van der Waals surface area contributed by atoms with Crippen molar-refractivity contribution in [2.24, 2.45) is 10.8 Å².